The number of nitrogens with zero attached hydrogens (tertiary/aromatic N) is 1. The molecule has 1 heterocycles. The van der Waals surface area contributed by atoms with Crippen molar-refractivity contribution < 1.29 is 18.3 Å². The van der Waals surface area contributed by atoms with Crippen LogP contribution in [0.5, 0.6) is 0 Å². The number of likely N-dealkylation sites (N-methyl/N-ethyl adjacent to an activating group) is 1. The van der Waals surface area contributed by atoms with Crippen LogP contribution < -0.4 is 5.32 Å². The van der Waals surface area contributed by atoms with Gasteiger partial charge in [-0.3, -0.25) is 4.79 Å². The SMILES string of the molecule is CN(CC1CNCCO1)C(=O)Cc1ccc(F)cc1F. The van der Waals surface area contributed by atoms with Crippen molar-refractivity contribution in [2.75, 3.05) is 33.3 Å². The third kappa shape index (κ3) is 3.98. The Balaban J connectivity index is 1.89. The summed E-state index contributed by atoms with van der Waals surface area (Å²) in [6.07, 6.45) is -0.126. The van der Waals surface area contributed by atoms with Gasteiger partial charge < -0.3 is 15.0 Å². The predicted molar refractivity (Wildman–Crippen MR) is 70.3 cm³/mol. The third-order valence-corrected chi connectivity index (χ3v) is 3.26. The van der Waals surface area contributed by atoms with E-state index in [0.717, 1.165) is 18.7 Å². The Morgan fingerprint density at radius 2 is 2.30 bits per heavy atom. The fourth-order valence-corrected chi connectivity index (χ4v) is 2.11. The molecule has 0 aromatic heterocycles. The molecule has 2 rings (SSSR count). The Morgan fingerprint density at radius 1 is 1.50 bits per heavy atom. The molecular weight excluding hydrogens is 266 g/mol. The number of hydrogen-bond acceptors (Lipinski definition) is 3. The average Bonchev–Trinajstić information content (AvgIpc) is 2.43. The maximum absolute atomic E-state index is 13.5. The number of halogens is 2. The molecule has 1 saturated heterocycles. The zero-order valence-corrected chi connectivity index (χ0v) is 11.4. The van der Waals surface area contributed by atoms with E-state index in [9.17, 15) is 13.6 Å². The van der Waals surface area contributed by atoms with Crippen LogP contribution >= 0.6 is 0 Å². The van der Waals surface area contributed by atoms with Gasteiger partial charge in [0.25, 0.3) is 0 Å². The number of amides is 1. The van der Waals surface area contributed by atoms with Crippen molar-refractivity contribution in [1.29, 1.82) is 0 Å². The maximum atomic E-state index is 13.5. The van der Waals surface area contributed by atoms with Gasteiger partial charge in [-0.1, -0.05) is 6.07 Å². The van der Waals surface area contributed by atoms with Crippen LogP contribution in [0.1, 0.15) is 5.56 Å². The summed E-state index contributed by atoms with van der Waals surface area (Å²) < 4.78 is 31.8. The third-order valence-electron chi connectivity index (χ3n) is 3.26. The number of carbonyl (C=O) groups excluding carboxylic acids is 1. The normalized spacial score (nSPS) is 18.9. The van der Waals surface area contributed by atoms with E-state index in [1.54, 1.807) is 7.05 Å². The van der Waals surface area contributed by atoms with E-state index in [1.165, 1.54) is 11.0 Å². The fourth-order valence-electron chi connectivity index (χ4n) is 2.11. The van der Waals surface area contributed by atoms with Gasteiger partial charge in [-0.2, -0.15) is 0 Å². The summed E-state index contributed by atoms with van der Waals surface area (Å²) in [5.41, 5.74) is 0.200. The summed E-state index contributed by atoms with van der Waals surface area (Å²) in [5, 5.41) is 3.18. The van der Waals surface area contributed by atoms with Gasteiger partial charge >= 0.3 is 0 Å². The van der Waals surface area contributed by atoms with Crippen molar-refractivity contribution in [1.82, 2.24) is 10.2 Å². The van der Waals surface area contributed by atoms with E-state index in [-0.39, 0.29) is 24.0 Å². The minimum absolute atomic E-state index is 0.0456. The molecule has 0 aliphatic carbocycles. The summed E-state index contributed by atoms with van der Waals surface area (Å²) in [7, 11) is 1.65. The lowest BCUT2D eigenvalue weighted by atomic mass is 10.1. The van der Waals surface area contributed by atoms with Crippen LogP contribution in [-0.2, 0) is 16.0 Å². The van der Waals surface area contributed by atoms with Gasteiger partial charge in [0.05, 0.1) is 19.1 Å². The van der Waals surface area contributed by atoms with Gasteiger partial charge in [-0.05, 0) is 11.6 Å². The first-order valence-electron chi connectivity index (χ1n) is 6.56. The summed E-state index contributed by atoms with van der Waals surface area (Å²) >= 11 is 0. The van der Waals surface area contributed by atoms with Crippen molar-refractivity contribution in [3.8, 4) is 0 Å². The van der Waals surface area contributed by atoms with Gasteiger partial charge in [-0.15, -0.1) is 0 Å². The van der Waals surface area contributed by atoms with Gasteiger partial charge in [0.15, 0.2) is 0 Å². The highest BCUT2D eigenvalue weighted by Gasteiger charge is 2.19. The highest BCUT2D eigenvalue weighted by atomic mass is 19.1. The molecule has 6 heteroatoms. The van der Waals surface area contributed by atoms with Crippen molar-refractivity contribution in [3.05, 3.63) is 35.4 Å². The number of nitrogens with one attached hydrogen (secondary N) is 1. The molecule has 1 unspecified atom stereocenters. The van der Waals surface area contributed by atoms with Crippen LogP contribution in [0.4, 0.5) is 8.78 Å². The Morgan fingerprint density at radius 3 is 2.95 bits per heavy atom. The molecule has 4 nitrogen and oxygen atoms in total. The second kappa shape index (κ2) is 6.76. The fraction of sp³-hybridized carbons (Fsp3) is 0.500. The first-order valence-corrected chi connectivity index (χ1v) is 6.56. The Bertz CT molecular complexity index is 476. The molecule has 0 radical (unpaired) electrons. The molecule has 1 atom stereocenters. The minimum atomic E-state index is -0.692. The molecule has 0 saturated carbocycles. The Kier molecular flexibility index (Phi) is 5.03. The summed E-state index contributed by atoms with van der Waals surface area (Å²) in [6.45, 7) is 2.59. The molecule has 0 spiro atoms. The quantitative estimate of drug-likeness (QED) is 0.895. The molecular formula is C14H18F2N2O2. The number of hydrogen-bond donors (Lipinski definition) is 1. The topological polar surface area (TPSA) is 41.6 Å². The average molecular weight is 284 g/mol. The molecule has 0 bridgehead atoms. The zero-order chi connectivity index (χ0) is 14.5. The predicted octanol–water partition coefficient (Wildman–Crippen LogP) is 0.954. The lowest BCUT2D eigenvalue weighted by Crippen LogP contribution is -2.46. The minimum Gasteiger partial charge on any atom is -0.374 e. The van der Waals surface area contributed by atoms with Crippen molar-refractivity contribution in [3.63, 3.8) is 0 Å². The van der Waals surface area contributed by atoms with E-state index in [1.807, 2.05) is 0 Å². The van der Waals surface area contributed by atoms with Crippen molar-refractivity contribution >= 4 is 5.91 Å². The van der Waals surface area contributed by atoms with Crippen LogP contribution in [0.2, 0.25) is 0 Å². The van der Waals surface area contributed by atoms with E-state index >= 15 is 0 Å². The van der Waals surface area contributed by atoms with Crippen LogP contribution in [0.25, 0.3) is 0 Å². The van der Waals surface area contributed by atoms with Crippen LogP contribution in [0.15, 0.2) is 18.2 Å². The maximum Gasteiger partial charge on any atom is 0.226 e. The molecule has 1 fully saturated rings. The number of rotatable bonds is 4. The summed E-state index contributed by atoms with van der Waals surface area (Å²) in [6, 6.07) is 3.24. The smallest absolute Gasteiger partial charge is 0.226 e. The van der Waals surface area contributed by atoms with Gasteiger partial charge in [-0.25, -0.2) is 8.78 Å². The van der Waals surface area contributed by atoms with E-state index in [2.05, 4.69) is 5.32 Å². The number of carbonyl (C=O) groups is 1. The first kappa shape index (κ1) is 14.9. The second-order valence-electron chi connectivity index (χ2n) is 4.88. The lowest BCUT2D eigenvalue weighted by Gasteiger charge is -2.28. The molecule has 20 heavy (non-hydrogen) atoms. The van der Waals surface area contributed by atoms with Gasteiger partial charge in [0.1, 0.15) is 11.6 Å². The molecule has 110 valence electrons. The monoisotopic (exact) mass is 284 g/mol. The van der Waals surface area contributed by atoms with Crippen molar-refractivity contribution in [2.24, 2.45) is 0 Å². The standard InChI is InChI=1S/C14H18F2N2O2/c1-18(9-12-8-17-4-5-20-12)14(19)6-10-2-3-11(15)7-13(10)16/h2-3,7,12,17H,4-6,8-9H2,1H3. The second-order valence-corrected chi connectivity index (χ2v) is 4.88. The van der Waals surface area contributed by atoms with E-state index in [4.69, 9.17) is 4.74 Å². The molecule has 1 N–H and O–H groups in total. The largest absolute Gasteiger partial charge is 0.374 e. The molecule has 1 amide bonds. The van der Waals surface area contributed by atoms with Gasteiger partial charge in [0.2, 0.25) is 5.91 Å². The zero-order valence-electron chi connectivity index (χ0n) is 11.4. The Labute approximate surface area is 116 Å². The molecule has 1 aliphatic rings. The molecule has 1 aliphatic heterocycles. The van der Waals surface area contributed by atoms with Crippen LogP contribution in [-0.4, -0.2) is 50.2 Å². The first-order chi connectivity index (χ1) is 9.56. The van der Waals surface area contributed by atoms with Gasteiger partial charge in [0, 0.05) is 32.7 Å². The van der Waals surface area contributed by atoms with Crippen LogP contribution in [0.3, 0.4) is 0 Å². The molecule has 1 aromatic rings. The Hall–Kier alpha value is -1.53. The highest BCUT2D eigenvalue weighted by molar-refractivity contribution is 5.78. The van der Waals surface area contributed by atoms with E-state index in [0.29, 0.717) is 19.7 Å². The van der Waals surface area contributed by atoms with Crippen molar-refractivity contribution in [2.45, 2.75) is 12.5 Å². The number of benzene rings is 1. The summed E-state index contributed by atoms with van der Waals surface area (Å²) in [5.74, 6) is -1.55. The lowest BCUT2D eigenvalue weighted by molar-refractivity contribution is -0.131. The highest BCUT2D eigenvalue weighted by Crippen LogP contribution is 2.11. The van der Waals surface area contributed by atoms with E-state index < -0.39 is 11.6 Å². The number of ether oxygens (including phenoxy) is 1. The van der Waals surface area contributed by atoms with Crippen LogP contribution in [0, 0.1) is 11.6 Å². The molecule has 1 aromatic carbocycles. The summed E-state index contributed by atoms with van der Waals surface area (Å²) in [4.78, 5) is 13.5. The number of morpholine rings is 1.